The number of nitrogens with zero attached hydrogens (tertiary/aromatic N) is 2. The molecule has 1 N–H and O–H groups in total. The van der Waals surface area contributed by atoms with Crippen molar-refractivity contribution in [2.45, 2.75) is 18.2 Å². The van der Waals surface area contributed by atoms with Crippen molar-refractivity contribution in [2.24, 2.45) is 0 Å². The van der Waals surface area contributed by atoms with E-state index in [1.165, 1.54) is 23.3 Å². The van der Waals surface area contributed by atoms with Gasteiger partial charge in [0.25, 0.3) is 0 Å². The van der Waals surface area contributed by atoms with Crippen LogP contribution in [-0.2, 0) is 4.79 Å². The molecule has 1 aromatic rings. The lowest BCUT2D eigenvalue weighted by Gasteiger charge is -1.92. The third-order valence-corrected chi connectivity index (χ3v) is 3.29. The van der Waals surface area contributed by atoms with Gasteiger partial charge in [-0.15, -0.1) is 0 Å². The second-order valence-corrected chi connectivity index (χ2v) is 4.63. The van der Waals surface area contributed by atoms with Crippen LogP contribution in [0.2, 0.25) is 0 Å². The fraction of sp³-hybridized carbons (Fsp3) is 0.375. The van der Waals surface area contributed by atoms with Crippen LogP contribution in [-0.4, -0.2) is 26.2 Å². The smallest absolute Gasteiger partial charge is 0.330 e. The van der Waals surface area contributed by atoms with E-state index in [1.54, 1.807) is 13.0 Å². The number of aliphatic carboxylic acids is 1. The molecule has 0 saturated carbocycles. The summed E-state index contributed by atoms with van der Waals surface area (Å²) in [6.45, 7) is 3.41. The molecule has 0 spiro atoms. The zero-order valence-corrected chi connectivity index (χ0v) is 9.48. The van der Waals surface area contributed by atoms with E-state index in [4.69, 9.17) is 5.11 Å². The highest BCUT2D eigenvalue weighted by Crippen LogP contribution is 2.20. The Morgan fingerprint density at radius 3 is 2.93 bits per heavy atom. The van der Waals surface area contributed by atoms with E-state index in [-0.39, 0.29) is 0 Å². The molecule has 0 aliphatic rings. The minimum Gasteiger partial charge on any atom is -0.478 e. The molecule has 0 fully saturated rings. The highest BCUT2D eigenvalue weighted by Gasteiger charge is 2.01. The van der Waals surface area contributed by atoms with Gasteiger partial charge in [-0.25, -0.2) is 9.78 Å². The van der Waals surface area contributed by atoms with Gasteiger partial charge >= 0.3 is 5.97 Å². The average molecular weight is 230 g/mol. The maximum absolute atomic E-state index is 10.4. The van der Waals surface area contributed by atoms with Crippen LogP contribution in [0.25, 0.3) is 0 Å². The van der Waals surface area contributed by atoms with E-state index >= 15 is 0 Å². The van der Waals surface area contributed by atoms with Crippen LogP contribution in [0.4, 0.5) is 0 Å². The van der Waals surface area contributed by atoms with Gasteiger partial charge in [-0.1, -0.05) is 17.8 Å². The van der Waals surface area contributed by atoms with Gasteiger partial charge in [0.05, 0.1) is 0 Å². The first-order chi connectivity index (χ1) is 6.59. The minimum absolute atomic E-state index is 0.360. The Bertz CT molecular complexity index is 360. The molecule has 0 bridgehead atoms. The molecule has 0 atom stereocenters. The summed E-state index contributed by atoms with van der Waals surface area (Å²) in [7, 11) is 0. The highest BCUT2D eigenvalue weighted by atomic mass is 32.2. The topological polar surface area (TPSA) is 63.1 Å². The molecule has 1 heterocycles. The Balaban J connectivity index is 2.42. The molecule has 0 amide bonds. The molecule has 0 aromatic carbocycles. The van der Waals surface area contributed by atoms with Crippen molar-refractivity contribution in [1.82, 2.24) is 9.36 Å². The molecule has 1 aromatic heterocycles. The molecule has 14 heavy (non-hydrogen) atoms. The largest absolute Gasteiger partial charge is 0.478 e. The van der Waals surface area contributed by atoms with Crippen LogP contribution in [0.5, 0.6) is 0 Å². The third-order valence-electron chi connectivity index (χ3n) is 1.44. The third kappa shape index (κ3) is 3.47. The lowest BCUT2D eigenvalue weighted by Crippen LogP contribution is -1.96. The molecule has 4 nitrogen and oxygen atoms in total. The average Bonchev–Trinajstić information content (AvgIpc) is 2.51. The Kier molecular flexibility index (Phi) is 4.09. The Labute approximate surface area is 90.2 Å². The molecule has 0 aliphatic carbocycles. The van der Waals surface area contributed by atoms with Gasteiger partial charge in [0.15, 0.2) is 4.34 Å². The van der Waals surface area contributed by atoms with Crippen molar-refractivity contribution in [3.05, 3.63) is 17.5 Å². The van der Waals surface area contributed by atoms with Crippen molar-refractivity contribution < 1.29 is 9.90 Å². The molecule has 0 saturated heterocycles. The number of carboxylic acid groups (broad SMARTS) is 1. The van der Waals surface area contributed by atoms with E-state index in [0.29, 0.717) is 11.3 Å². The SMILES string of the molecule is CC(=CCSc1nc(C)ns1)C(=O)O. The standard InChI is InChI=1S/C8H10N2O2S2/c1-5(7(11)12)3-4-13-8-9-6(2)10-14-8/h3H,4H2,1-2H3,(H,11,12). The summed E-state index contributed by atoms with van der Waals surface area (Å²) < 4.78 is 4.89. The van der Waals surface area contributed by atoms with Gasteiger partial charge in [-0.3, -0.25) is 0 Å². The van der Waals surface area contributed by atoms with E-state index in [2.05, 4.69) is 9.36 Å². The summed E-state index contributed by atoms with van der Waals surface area (Å²) in [6.07, 6.45) is 1.67. The first-order valence-corrected chi connectivity index (χ1v) is 5.68. The first kappa shape index (κ1) is 11.2. The number of hydrogen-bond acceptors (Lipinski definition) is 5. The van der Waals surface area contributed by atoms with Gasteiger partial charge in [0, 0.05) is 11.3 Å². The van der Waals surface area contributed by atoms with Crippen LogP contribution in [0.3, 0.4) is 0 Å². The van der Waals surface area contributed by atoms with Crippen molar-refractivity contribution in [3.8, 4) is 0 Å². The molecule has 0 aliphatic heterocycles. The first-order valence-electron chi connectivity index (χ1n) is 3.92. The predicted octanol–water partition coefficient (Wildman–Crippen LogP) is 1.97. The number of thioether (sulfide) groups is 1. The van der Waals surface area contributed by atoms with E-state index < -0.39 is 5.97 Å². The van der Waals surface area contributed by atoms with Crippen molar-refractivity contribution in [3.63, 3.8) is 0 Å². The number of rotatable bonds is 4. The zero-order valence-electron chi connectivity index (χ0n) is 7.85. The maximum Gasteiger partial charge on any atom is 0.330 e. The van der Waals surface area contributed by atoms with Crippen molar-refractivity contribution >= 4 is 29.3 Å². The fourth-order valence-corrected chi connectivity index (χ4v) is 2.29. The van der Waals surface area contributed by atoms with Crippen molar-refractivity contribution in [2.75, 3.05) is 5.75 Å². The predicted molar refractivity (Wildman–Crippen MR) is 56.8 cm³/mol. The van der Waals surface area contributed by atoms with Gasteiger partial charge in [-0.2, -0.15) is 4.37 Å². The van der Waals surface area contributed by atoms with Crippen LogP contribution in [0.1, 0.15) is 12.7 Å². The van der Waals surface area contributed by atoms with E-state index in [1.807, 2.05) is 6.92 Å². The van der Waals surface area contributed by atoms with Gasteiger partial charge in [0.1, 0.15) is 5.82 Å². The van der Waals surface area contributed by atoms with Crippen LogP contribution >= 0.6 is 23.3 Å². The summed E-state index contributed by atoms with van der Waals surface area (Å²) in [5.41, 5.74) is 0.360. The summed E-state index contributed by atoms with van der Waals surface area (Å²) in [5.74, 6) is 0.503. The maximum atomic E-state index is 10.4. The number of aryl methyl sites for hydroxylation is 1. The van der Waals surface area contributed by atoms with Gasteiger partial charge in [0.2, 0.25) is 0 Å². The van der Waals surface area contributed by atoms with Gasteiger partial charge in [-0.05, 0) is 25.4 Å². The van der Waals surface area contributed by atoms with Crippen molar-refractivity contribution in [1.29, 1.82) is 0 Å². The monoisotopic (exact) mass is 230 g/mol. The molecule has 0 radical (unpaired) electrons. The second-order valence-electron chi connectivity index (χ2n) is 2.61. The van der Waals surface area contributed by atoms with E-state index in [9.17, 15) is 4.79 Å². The molecular weight excluding hydrogens is 220 g/mol. The van der Waals surface area contributed by atoms with E-state index in [0.717, 1.165) is 10.2 Å². The summed E-state index contributed by atoms with van der Waals surface area (Å²) in [5, 5.41) is 8.58. The molecule has 1 rings (SSSR count). The Morgan fingerprint density at radius 2 is 2.43 bits per heavy atom. The normalized spacial score (nSPS) is 11.7. The molecule has 6 heteroatoms. The highest BCUT2D eigenvalue weighted by molar-refractivity contribution is 8.01. The Morgan fingerprint density at radius 1 is 1.71 bits per heavy atom. The summed E-state index contributed by atoms with van der Waals surface area (Å²) >= 11 is 2.83. The number of carboxylic acids is 1. The van der Waals surface area contributed by atoms with Crippen LogP contribution in [0.15, 0.2) is 16.0 Å². The quantitative estimate of drug-likeness (QED) is 0.633. The molecule has 76 valence electrons. The lowest BCUT2D eigenvalue weighted by atomic mass is 10.3. The summed E-state index contributed by atoms with van der Waals surface area (Å²) in [4.78, 5) is 14.6. The number of carbonyl (C=O) groups is 1. The van der Waals surface area contributed by atoms with Crippen LogP contribution in [0, 0.1) is 6.92 Å². The lowest BCUT2D eigenvalue weighted by molar-refractivity contribution is -0.132. The Hall–Kier alpha value is -0.880. The van der Waals surface area contributed by atoms with Gasteiger partial charge < -0.3 is 5.11 Å². The van der Waals surface area contributed by atoms with Crippen LogP contribution < -0.4 is 0 Å². The summed E-state index contributed by atoms with van der Waals surface area (Å²) in [6, 6.07) is 0. The minimum atomic E-state index is -0.876. The number of hydrogen-bond donors (Lipinski definition) is 1. The second kappa shape index (κ2) is 5.11. The zero-order chi connectivity index (χ0) is 10.6. The fourth-order valence-electron chi connectivity index (χ4n) is 0.662. The molecular formula is C8H10N2O2S2. The molecule has 0 unspecified atom stereocenters. The number of aromatic nitrogens is 2.